The molecule has 0 bridgehead atoms. The molecule has 0 amide bonds. The first kappa shape index (κ1) is 23.9. The second-order valence-corrected chi connectivity index (χ2v) is 8.87. The maximum absolute atomic E-state index is 13.2. The zero-order valence-corrected chi connectivity index (χ0v) is 20.7. The Hall–Kier alpha value is -3.81. The largest absolute Gasteiger partial charge is 0.493 e. The Bertz CT molecular complexity index is 1380. The molecule has 4 aromatic rings. The molecule has 1 aliphatic heterocycles. The van der Waals surface area contributed by atoms with E-state index in [1.54, 1.807) is 20.3 Å². The van der Waals surface area contributed by atoms with Gasteiger partial charge in [0.1, 0.15) is 6.61 Å². The van der Waals surface area contributed by atoms with Gasteiger partial charge >= 0.3 is 0 Å². The topological polar surface area (TPSA) is 65.0 Å². The van der Waals surface area contributed by atoms with E-state index >= 15 is 0 Å². The van der Waals surface area contributed by atoms with E-state index in [1.807, 2.05) is 60.7 Å². The first-order chi connectivity index (χ1) is 17.6. The van der Waals surface area contributed by atoms with Crippen LogP contribution in [-0.2, 0) is 6.54 Å². The predicted octanol–water partition coefficient (Wildman–Crippen LogP) is 4.34. The summed E-state index contributed by atoms with van der Waals surface area (Å²) >= 11 is 0. The van der Waals surface area contributed by atoms with Gasteiger partial charge in [-0.25, -0.2) is 0 Å². The van der Waals surface area contributed by atoms with Crippen molar-refractivity contribution in [2.45, 2.75) is 12.7 Å². The summed E-state index contributed by atoms with van der Waals surface area (Å²) < 4.78 is 19.3. The van der Waals surface area contributed by atoms with E-state index in [0.717, 1.165) is 53.5 Å². The van der Waals surface area contributed by atoms with Crippen LogP contribution < -0.4 is 25.0 Å². The van der Waals surface area contributed by atoms with Gasteiger partial charge in [-0.05, 0) is 42.0 Å². The summed E-state index contributed by atoms with van der Waals surface area (Å²) in [5.74, 6) is 1.85. The standard InChI is InChI=1S/C29H31N3O4/c1-4-15-36-29-25(34-2)16-20(17-26(29)35-3)18-31-14-13-30-27(19-31)32-23-11-7-5-9-21(23)28(33)22-10-6-8-12-24(22)32/h4-12,16-17,27,30H,1,13-15,18-19H2,2-3H3. The van der Waals surface area contributed by atoms with Gasteiger partial charge in [0.05, 0.1) is 31.4 Å². The van der Waals surface area contributed by atoms with Crippen molar-refractivity contribution in [1.29, 1.82) is 0 Å². The van der Waals surface area contributed by atoms with Gasteiger partial charge < -0.3 is 18.8 Å². The molecular formula is C29H31N3O4. The molecule has 0 aliphatic carbocycles. The monoisotopic (exact) mass is 485 g/mol. The third-order valence-corrected chi connectivity index (χ3v) is 6.64. The number of piperazine rings is 1. The van der Waals surface area contributed by atoms with Gasteiger partial charge in [-0.2, -0.15) is 0 Å². The summed E-state index contributed by atoms with van der Waals surface area (Å²) in [4.78, 5) is 15.6. The van der Waals surface area contributed by atoms with Gasteiger partial charge in [-0.3, -0.25) is 15.0 Å². The lowest BCUT2D eigenvalue weighted by molar-refractivity contribution is 0.164. The number of nitrogens with zero attached hydrogens (tertiary/aromatic N) is 2. The molecule has 1 aromatic heterocycles. The summed E-state index contributed by atoms with van der Waals surface area (Å²) in [7, 11) is 3.26. The fourth-order valence-corrected chi connectivity index (χ4v) is 5.04. The summed E-state index contributed by atoms with van der Waals surface area (Å²) in [5, 5.41) is 5.14. The number of nitrogens with one attached hydrogen (secondary N) is 1. The SMILES string of the molecule is C=CCOc1c(OC)cc(CN2CCNC(n3c4ccccc4c(=O)c4ccccc43)C2)cc1OC. The van der Waals surface area contributed by atoms with Crippen molar-refractivity contribution in [3.8, 4) is 17.2 Å². The molecule has 5 rings (SSSR count). The maximum atomic E-state index is 13.2. The van der Waals surface area contributed by atoms with Crippen molar-refractivity contribution in [3.63, 3.8) is 0 Å². The number of benzene rings is 3. The Morgan fingerprint density at radius 3 is 2.19 bits per heavy atom. The third-order valence-electron chi connectivity index (χ3n) is 6.64. The van der Waals surface area contributed by atoms with E-state index in [4.69, 9.17) is 14.2 Å². The van der Waals surface area contributed by atoms with Crippen LogP contribution >= 0.6 is 0 Å². The minimum atomic E-state index is 0.00754. The van der Waals surface area contributed by atoms with Crippen LogP contribution in [-0.4, -0.2) is 49.9 Å². The Balaban J connectivity index is 1.48. The average Bonchev–Trinajstić information content (AvgIpc) is 2.92. The zero-order valence-electron chi connectivity index (χ0n) is 20.7. The summed E-state index contributed by atoms with van der Waals surface area (Å²) in [5.41, 5.74) is 3.02. The number of rotatable bonds is 8. The molecule has 0 spiro atoms. The van der Waals surface area contributed by atoms with Crippen LogP contribution in [0.15, 0.2) is 78.1 Å². The fraction of sp³-hybridized carbons (Fsp3) is 0.276. The van der Waals surface area contributed by atoms with E-state index < -0.39 is 0 Å². The molecule has 1 N–H and O–H groups in total. The smallest absolute Gasteiger partial charge is 0.203 e. The van der Waals surface area contributed by atoms with Gasteiger partial charge in [0, 0.05) is 37.0 Å². The number of pyridine rings is 1. The molecule has 1 aliphatic rings. The highest BCUT2D eigenvalue weighted by molar-refractivity contribution is 5.93. The second kappa shape index (κ2) is 10.4. The van der Waals surface area contributed by atoms with Crippen molar-refractivity contribution in [3.05, 3.63) is 89.1 Å². The lowest BCUT2D eigenvalue weighted by Gasteiger charge is -2.36. The first-order valence-electron chi connectivity index (χ1n) is 12.1. The molecule has 36 heavy (non-hydrogen) atoms. The van der Waals surface area contributed by atoms with E-state index in [0.29, 0.717) is 23.9 Å². The molecule has 7 heteroatoms. The molecule has 1 fully saturated rings. The number of methoxy groups -OCH3 is 2. The number of ether oxygens (including phenoxy) is 3. The van der Waals surface area contributed by atoms with Crippen LogP contribution in [0.2, 0.25) is 0 Å². The van der Waals surface area contributed by atoms with Crippen LogP contribution in [0.5, 0.6) is 17.2 Å². The van der Waals surface area contributed by atoms with E-state index in [-0.39, 0.29) is 11.6 Å². The maximum Gasteiger partial charge on any atom is 0.203 e. The Morgan fingerprint density at radius 1 is 1.00 bits per heavy atom. The molecule has 7 nitrogen and oxygen atoms in total. The number of fused-ring (bicyclic) bond motifs is 2. The zero-order chi connectivity index (χ0) is 25.1. The lowest BCUT2D eigenvalue weighted by atomic mass is 10.1. The minimum Gasteiger partial charge on any atom is -0.493 e. The molecule has 1 unspecified atom stereocenters. The molecule has 3 aromatic carbocycles. The first-order valence-corrected chi connectivity index (χ1v) is 12.1. The summed E-state index contributed by atoms with van der Waals surface area (Å²) in [6.45, 7) is 7.31. The predicted molar refractivity (Wildman–Crippen MR) is 143 cm³/mol. The number of para-hydroxylation sites is 2. The lowest BCUT2D eigenvalue weighted by Crippen LogP contribution is -2.47. The molecule has 0 radical (unpaired) electrons. The van der Waals surface area contributed by atoms with Crippen LogP contribution in [0.25, 0.3) is 21.8 Å². The van der Waals surface area contributed by atoms with E-state index in [1.165, 1.54) is 0 Å². The second-order valence-electron chi connectivity index (χ2n) is 8.87. The van der Waals surface area contributed by atoms with Crippen molar-refractivity contribution in [2.75, 3.05) is 40.5 Å². The number of hydrogen-bond donors (Lipinski definition) is 1. The van der Waals surface area contributed by atoms with Gasteiger partial charge in [-0.15, -0.1) is 0 Å². The Kier molecular flexibility index (Phi) is 6.93. The van der Waals surface area contributed by atoms with Crippen molar-refractivity contribution < 1.29 is 14.2 Å². The van der Waals surface area contributed by atoms with Crippen LogP contribution in [0.3, 0.4) is 0 Å². The summed E-state index contributed by atoms with van der Waals surface area (Å²) in [6, 6.07) is 19.7. The van der Waals surface area contributed by atoms with Gasteiger partial charge in [0.15, 0.2) is 16.9 Å². The van der Waals surface area contributed by atoms with Crippen LogP contribution in [0.1, 0.15) is 11.7 Å². The molecule has 2 heterocycles. The molecule has 1 saturated heterocycles. The van der Waals surface area contributed by atoms with Crippen LogP contribution in [0, 0.1) is 0 Å². The minimum absolute atomic E-state index is 0.00754. The molecular weight excluding hydrogens is 454 g/mol. The number of hydrogen-bond acceptors (Lipinski definition) is 6. The molecule has 186 valence electrons. The molecule has 0 saturated carbocycles. The third kappa shape index (κ3) is 4.43. The highest BCUT2D eigenvalue weighted by atomic mass is 16.5. The Labute approximate surface area is 210 Å². The summed E-state index contributed by atoms with van der Waals surface area (Å²) in [6.07, 6.45) is 1.70. The van der Waals surface area contributed by atoms with E-state index in [9.17, 15) is 4.79 Å². The van der Waals surface area contributed by atoms with E-state index in [2.05, 4.69) is 21.4 Å². The van der Waals surface area contributed by atoms with Crippen molar-refractivity contribution >= 4 is 21.8 Å². The van der Waals surface area contributed by atoms with Crippen molar-refractivity contribution in [1.82, 2.24) is 14.8 Å². The highest BCUT2D eigenvalue weighted by Crippen LogP contribution is 2.39. The average molecular weight is 486 g/mol. The fourth-order valence-electron chi connectivity index (χ4n) is 5.04. The van der Waals surface area contributed by atoms with Gasteiger partial charge in [0.25, 0.3) is 0 Å². The van der Waals surface area contributed by atoms with Crippen molar-refractivity contribution in [2.24, 2.45) is 0 Å². The van der Waals surface area contributed by atoms with Crippen LogP contribution in [0.4, 0.5) is 0 Å². The molecule has 1 atom stereocenters. The quantitative estimate of drug-likeness (QED) is 0.296. The van der Waals surface area contributed by atoms with Gasteiger partial charge in [-0.1, -0.05) is 36.9 Å². The highest BCUT2D eigenvalue weighted by Gasteiger charge is 2.24. The normalized spacial score (nSPS) is 16.2. The number of aromatic nitrogens is 1. The Morgan fingerprint density at radius 2 is 1.61 bits per heavy atom. The van der Waals surface area contributed by atoms with Gasteiger partial charge in [0.2, 0.25) is 5.75 Å².